The number of hydrogen-bond acceptors (Lipinski definition) is 2. The molecule has 0 bridgehead atoms. The Labute approximate surface area is 389 Å². The third kappa shape index (κ3) is 5.73. The lowest BCUT2D eigenvalue weighted by atomic mass is 9.70. The van der Waals surface area contributed by atoms with Crippen molar-refractivity contribution in [3.63, 3.8) is 0 Å². The van der Waals surface area contributed by atoms with Crippen LogP contribution in [0.1, 0.15) is 90.8 Å². The van der Waals surface area contributed by atoms with Gasteiger partial charge in [-0.3, -0.25) is 0 Å². The molecule has 9 aromatic carbocycles. The molecule has 13 rings (SSSR count). The summed E-state index contributed by atoms with van der Waals surface area (Å²) >= 11 is 0. The highest BCUT2D eigenvalue weighted by molar-refractivity contribution is 5.98. The van der Waals surface area contributed by atoms with Crippen molar-refractivity contribution in [2.75, 3.05) is 9.80 Å². The molecule has 0 saturated heterocycles. The molecule has 0 aliphatic heterocycles. The Morgan fingerprint density at radius 2 is 0.712 bits per heavy atom. The van der Waals surface area contributed by atoms with Crippen molar-refractivity contribution in [3.05, 3.63) is 251 Å². The largest absolute Gasteiger partial charge is 0.310 e. The van der Waals surface area contributed by atoms with Crippen molar-refractivity contribution in [2.24, 2.45) is 0 Å². The molecule has 1 fully saturated rings. The van der Waals surface area contributed by atoms with Crippen LogP contribution in [0.4, 0.5) is 34.1 Å². The summed E-state index contributed by atoms with van der Waals surface area (Å²) in [5.41, 5.74) is 23.8. The topological polar surface area (TPSA) is 6.48 Å². The zero-order chi connectivity index (χ0) is 44.0. The minimum Gasteiger partial charge on any atom is -0.310 e. The van der Waals surface area contributed by atoms with Crippen LogP contribution in [0.15, 0.2) is 212 Å². The van der Waals surface area contributed by atoms with Crippen LogP contribution in [-0.2, 0) is 10.8 Å². The Kier molecular flexibility index (Phi) is 8.90. The molecule has 0 heterocycles. The molecular formula is C64H52N2. The Balaban J connectivity index is 1.05. The standard InChI is InChI=1S/C64H52N2/c1-63(2)57-30-15-12-27-51(57)54-36-33-48(40-60(54)63)66(47-26-18-21-44(39-47)43-19-6-3-7-20-43)50-35-38-56-53-29-14-17-32-59(53)64(62(56)42-50)58-31-16-13-28-52(58)55-37-34-49(41-61(55)64)65(45-22-8-4-9-23-45)46-24-10-5-11-25-46/h4-5,8-18,21-43H,3,6-7,19-20H2,1-2H3. The van der Waals surface area contributed by atoms with E-state index >= 15 is 0 Å². The van der Waals surface area contributed by atoms with Gasteiger partial charge >= 0.3 is 0 Å². The van der Waals surface area contributed by atoms with E-state index in [0.29, 0.717) is 5.92 Å². The summed E-state index contributed by atoms with van der Waals surface area (Å²) in [4.78, 5) is 4.97. The molecule has 0 radical (unpaired) electrons. The third-order valence-corrected chi connectivity index (χ3v) is 15.6. The molecule has 1 unspecified atom stereocenters. The summed E-state index contributed by atoms with van der Waals surface area (Å²) in [6.45, 7) is 4.79. The number of benzene rings is 9. The molecular weight excluding hydrogens is 797 g/mol. The molecule has 4 aliphatic carbocycles. The summed E-state index contributed by atoms with van der Waals surface area (Å²) in [5, 5.41) is 0. The smallest absolute Gasteiger partial charge is 0.0727 e. The molecule has 1 saturated carbocycles. The first-order valence-electron chi connectivity index (χ1n) is 24.0. The molecule has 4 aliphatic rings. The van der Waals surface area contributed by atoms with Gasteiger partial charge < -0.3 is 9.80 Å². The minimum atomic E-state index is -0.542. The van der Waals surface area contributed by atoms with E-state index in [1.807, 2.05) is 0 Å². The Bertz CT molecular complexity index is 3290. The monoisotopic (exact) mass is 848 g/mol. The molecule has 2 heteroatoms. The first kappa shape index (κ1) is 39.0. The van der Waals surface area contributed by atoms with Crippen LogP contribution < -0.4 is 9.80 Å². The van der Waals surface area contributed by atoms with Gasteiger partial charge in [0.15, 0.2) is 0 Å². The summed E-state index contributed by atoms with van der Waals surface area (Å²) in [5.74, 6) is 0.596. The van der Waals surface area contributed by atoms with Crippen LogP contribution in [0.25, 0.3) is 33.4 Å². The van der Waals surface area contributed by atoms with Crippen molar-refractivity contribution >= 4 is 34.1 Å². The highest BCUT2D eigenvalue weighted by Crippen LogP contribution is 2.64. The molecule has 0 N–H and O–H groups in total. The van der Waals surface area contributed by atoms with Crippen molar-refractivity contribution in [1.82, 2.24) is 0 Å². The van der Waals surface area contributed by atoms with Gasteiger partial charge in [-0.2, -0.15) is 0 Å². The number of para-hydroxylation sites is 2. The van der Waals surface area contributed by atoms with Crippen molar-refractivity contribution < 1.29 is 0 Å². The lowest BCUT2D eigenvalue weighted by molar-refractivity contribution is 0.443. The maximum absolute atomic E-state index is 2.56. The molecule has 66 heavy (non-hydrogen) atoms. The molecule has 0 aromatic heterocycles. The van der Waals surface area contributed by atoms with E-state index in [0.717, 1.165) is 17.1 Å². The van der Waals surface area contributed by atoms with E-state index in [4.69, 9.17) is 0 Å². The van der Waals surface area contributed by atoms with Crippen LogP contribution >= 0.6 is 0 Å². The van der Waals surface area contributed by atoms with Crippen molar-refractivity contribution in [3.8, 4) is 33.4 Å². The molecule has 1 atom stereocenters. The molecule has 9 aromatic rings. The SMILES string of the molecule is CC1(C)c2ccccc2-c2ccc(N(c3cccc(C4CCCCC4)c3)c3ccc4c(c3)C3(c5ccccc5-c5ccc(N(c6ccccc6)c6ccccc6)cc53)c3ccccc3-4)cc21. The maximum atomic E-state index is 2.56. The van der Waals surface area contributed by atoms with E-state index in [1.165, 1.54) is 121 Å². The first-order valence-corrected chi connectivity index (χ1v) is 24.0. The quantitative estimate of drug-likeness (QED) is 0.158. The summed E-state index contributed by atoms with van der Waals surface area (Å²) in [7, 11) is 0. The van der Waals surface area contributed by atoms with Gasteiger partial charge in [0.1, 0.15) is 0 Å². The fourth-order valence-electron chi connectivity index (χ4n) is 12.6. The van der Waals surface area contributed by atoms with Gasteiger partial charge in [-0.25, -0.2) is 0 Å². The van der Waals surface area contributed by atoms with Gasteiger partial charge in [-0.15, -0.1) is 0 Å². The summed E-state index contributed by atoms with van der Waals surface area (Å²) in [6.07, 6.45) is 6.50. The Hall–Kier alpha value is -7.42. The van der Waals surface area contributed by atoms with E-state index in [-0.39, 0.29) is 5.41 Å². The second-order valence-electron chi connectivity index (χ2n) is 19.5. The van der Waals surface area contributed by atoms with Crippen LogP contribution in [0.2, 0.25) is 0 Å². The number of rotatable bonds is 7. The first-order chi connectivity index (χ1) is 32.5. The fourth-order valence-corrected chi connectivity index (χ4v) is 12.6. The maximum Gasteiger partial charge on any atom is 0.0727 e. The molecule has 2 nitrogen and oxygen atoms in total. The second-order valence-corrected chi connectivity index (χ2v) is 19.5. The lowest BCUT2D eigenvalue weighted by Gasteiger charge is -2.34. The molecule has 1 spiro atoms. The average Bonchev–Trinajstić information content (AvgIpc) is 3.93. The van der Waals surface area contributed by atoms with Crippen molar-refractivity contribution in [1.29, 1.82) is 0 Å². The van der Waals surface area contributed by atoms with Gasteiger partial charge in [-0.1, -0.05) is 173 Å². The number of nitrogens with zero attached hydrogens (tertiary/aromatic N) is 2. The predicted octanol–water partition coefficient (Wildman–Crippen LogP) is 17.3. The number of hydrogen-bond donors (Lipinski definition) is 0. The van der Waals surface area contributed by atoms with Gasteiger partial charge in [-0.05, 0) is 164 Å². The molecule has 0 amide bonds. The predicted molar refractivity (Wildman–Crippen MR) is 275 cm³/mol. The second kappa shape index (κ2) is 15.1. The zero-order valence-electron chi connectivity index (χ0n) is 37.7. The van der Waals surface area contributed by atoms with E-state index in [1.54, 1.807) is 0 Å². The number of fused-ring (bicyclic) bond motifs is 13. The Morgan fingerprint density at radius 3 is 1.26 bits per heavy atom. The summed E-state index contributed by atoms with van der Waals surface area (Å²) < 4.78 is 0. The average molecular weight is 849 g/mol. The highest BCUT2D eigenvalue weighted by Gasteiger charge is 2.52. The van der Waals surface area contributed by atoms with Gasteiger partial charge in [0.05, 0.1) is 5.41 Å². The Morgan fingerprint density at radius 1 is 0.318 bits per heavy atom. The van der Waals surface area contributed by atoms with Gasteiger partial charge in [0.25, 0.3) is 0 Å². The van der Waals surface area contributed by atoms with Gasteiger partial charge in [0, 0.05) is 39.5 Å². The number of anilines is 6. The van der Waals surface area contributed by atoms with Crippen LogP contribution in [0, 0.1) is 0 Å². The van der Waals surface area contributed by atoms with Crippen LogP contribution in [0.3, 0.4) is 0 Å². The third-order valence-electron chi connectivity index (χ3n) is 15.6. The fraction of sp³-hybridized carbons (Fsp3) is 0.156. The van der Waals surface area contributed by atoms with Gasteiger partial charge in [0.2, 0.25) is 0 Å². The van der Waals surface area contributed by atoms with Crippen LogP contribution in [0.5, 0.6) is 0 Å². The highest BCUT2D eigenvalue weighted by atomic mass is 15.1. The van der Waals surface area contributed by atoms with Crippen molar-refractivity contribution in [2.45, 2.75) is 62.7 Å². The van der Waals surface area contributed by atoms with E-state index in [2.05, 4.69) is 236 Å². The zero-order valence-corrected chi connectivity index (χ0v) is 37.7. The normalized spacial score (nSPS) is 17.1. The lowest BCUT2D eigenvalue weighted by Crippen LogP contribution is -2.26. The van der Waals surface area contributed by atoms with E-state index in [9.17, 15) is 0 Å². The van der Waals surface area contributed by atoms with Crippen LogP contribution in [-0.4, -0.2) is 0 Å². The minimum absolute atomic E-state index is 0.121. The molecule has 318 valence electrons. The van der Waals surface area contributed by atoms with E-state index < -0.39 is 5.41 Å². The summed E-state index contributed by atoms with van der Waals surface area (Å²) in [6, 6.07) is 80.4.